The molecule has 6 nitrogen and oxygen atoms in total. The lowest BCUT2D eigenvalue weighted by atomic mass is 10.1. The first-order valence-electron chi connectivity index (χ1n) is 6.66. The minimum absolute atomic E-state index is 0.272. The van der Waals surface area contributed by atoms with Crippen LogP contribution in [0.4, 0.5) is 0 Å². The Balaban J connectivity index is 2.05. The summed E-state index contributed by atoms with van der Waals surface area (Å²) in [6.45, 7) is 3.93. The molecule has 0 spiro atoms. The van der Waals surface area contributed by atoms with E-state index in [1.165, 1.54) is 0 Å². The molecule has 2 aromatic heterocycles. The van der Waals surface area contributed by atoms with Crippen LogP contribution in [0.5, 0.6) is 0 Å². The molecule has 20 heavy (non-hydrogen) atoms. The van der Waals surface area contributed by atoms with Crippen LogP contribution >= 0.6 is 0 Å². The highest BCUT2D eigenvalue weighted by molar-refractivity contribution is 5.96. The number of esters is 1. The maximum atomic E-state index is 12.1. The summed E-state index contributed by atoms with van der Waals surface area (Å²) in [6, 6.07) is 0. The lowest BCUT2D eigenvalue weighted by Gasteiger charge is -2.03. The minimum atomic E-state index is -0.409. The fourth-order valence-electron chi connectivity index (χ4n) is 2.02. The van der Waals surface area contributed by atoms with E-state index in [9.17, 15) is 4.79 Å². The third kappa shape index (κ3) is 2.29. The Labute approximate surface area is 116 Å². The van der Waals surface area contributed by atoms with Crippen LogP contribution in [0.3, 0.4) is 0 Å². The summed E-state index contributed by atoms with van der Waals surface area (Å²) in [5.74, 6) is 0.475. The fourth-order valence-corrected chi connectivity index (χ4v) is 2.02. The summed E-state index contributed by atoms with van der Waals surface area (Å²) < 4.78 is 10.5. The first kappa shape index (κ1) is 12.8. The molecule has 0 bridgehead atoms. The third-order valence-corrected chi connectivity index (χ3v) is 3.17. The predicted molar refractivity (Wildman–Crippen MR) is 70.2 cm³/mol. The Bertz CT molecular complexity index is 630. The number of aryl methyl sites for hydroxylation is 1. The van der Waals surface area contributed by atoms with Crippen LogP contribution in [-0.2, 0) is 4.74 Å². The number of carbonyl (C=O) groups is 1. The van der Waals surface area contributed by atoms with Gasteiger partial charge in [0.05, 0.1) is 18.5 Å². The second kappa shape index (κ2) is 5.03. The quantitative estimate of drug-likeness (QED) is 0.796. The molecule has 6 heteroatoms. The molecular weight excluding hydrogens is 258 g/mol. The van der Waals surface area contributed by atoms with Crippen LogP contribution in [0.2, 0.25) is 0 Å². The summed E-state index contributed by atoms with van der Waals surface area (Å²) in [6.07, 6.45) is 5.25. The van der Waals surface area contributed by atoms with E-state index in [4.69, 9.17) is 9.26 Å². The van der Waals surface area contributed by atoms with Crippen LogP contribution in [-0.4, -0.2) is 27.7 Å². The van der Waals surface area contributed by atoms with E-state index in [1.807, 2.05) is 6.92 Å². The van der Waals surface area contributed by atoms with Crippen molar-refractivity contribution in [2.24, 2.45) is 0 Å². The van der Waals surface area contributed by atoms with Gasteiger partial charge in [-0.1, -0.05) is 5.16 Å². The van der Waals surface area contributed by atoms with Crippen molar-refractivity contribution in [1.82, 2.24) is 15.1 Å². The summed E-state index contributed by atoms with van der Waals surface area (Å²) >= 11 is 0. The van der Waals surface area contributed by atoms with E-state index in [1.54, 1.807) is 19.3 Å². The predicted octanol–water partition coefficient (Wildman–Crippen LogP) is 2.49. The van der Waals surface area contributed by atoms with Crippen LogP contribution in [0.25, 0.3) is 11.4 Å². The first-order valence-corrected chi connectivity index (χ1v) is 6.66. The van der Waals surface area contributed by atoms with E-state index >= 15 is 0 Å². The number of carbonyl (C=O) groups excluding carboxylic acids is 1. The van der Waals surface area contributed by atoms with Gasteiger partial charge in [0.2, 0.25) is 0 Å². The number of rotatable bonds is 4. The highest BCUT2D eigenvalue weighted by atomic mass is 16.5. The Hall–Kier alpha value is -2.24. The normalized spacial score (nSPS) is 14.3. The van der Waals surface area contributed by atoms with Gasteiger partial charge in [0, 0.05) is 12.1 Å². The van der Waals surface area contributed by atoms with Crippen molar-refractivity contribution >= 4 is 5.97 Å². The molecule has 0 saturated heterocycles. The standard InChI is InChI=1S/C14H15N3O3/c1-3-19-14(18)11-12(10-7-15-8(2)6-16-10)17-20-13(11)9-4-5-9/h6-7,9H,3-5H2,1-2H3. The number of nitrogens with zero attached hydrogens (tertiary/aromatic N) is 3. The topological polar surface area (TPSA) is 78.1 Å². The third-order valence-electron chi connectivity index (χ3n) is 3.17. The maximum Gasteiger partial charge on any atom is 0.344 e. The Morgan fingerprint density at radius 2 is 2.20 bits per heavy atom. The van der Waals surface area contributed by atoms with Gasteiger partial charge in [0.1, 0.15) is 17.0 Å². The number of ether oxygens (including phenoxy) is 1. The van der Waals surface area contributed by atoms with Crippen molar-refractivity contribution in [3.8, 4) is 11.4 Å². The van der Waals surface area contributed by atoms with Gasteiger partial charge in [-0.15, -0.1) is 0 Å². The molecule has 0 radical (unpaired) electrons. The molecular formula is C14H15N3O3. The molecule has 1 fully saturated rings. The van der Waals surface area contributed by atoms with Crippen LogP contribution in [0.1, 0.15) is 47.5 Å². The Kier molecular flexibility index (Phi) is 3.22. The maximum absolute atomic E-state index is 12.1. The fraction of sp³-hybridized carbons (Fsp3) is 0.429. The van der Waals surface area contributed by atoms with Crippen LogP contribution < -0.4 is 0 Å². The van der Waals surface area contributed by atoms with Crippen molar-refractivity contribution < 1.29 is 14.1 Å². The number of aromatic nitrogens is 3. The molecule has 2 heterocycles. The largest absolute Gasteiger partial charge is 0.462 e. The average Bonchev–Trinajstić information content (AvgIpc) is 3.19. The average molecular weight is 273 g/mol. The zero-order valence-electron chi connectivity index (χ0n) is 11.4. The van der Waals surface area contributed by atoms with Crippen molar-refractivity contribution in [3.63, 3.8) is 0 Å². The van der Waals surface area contributed by atoms with Crippen LogP contribution in [0.15, 0.2) is 16.9 Å². The van der Waals surface area contributed by atoms with Crippen LogP contribution in [0, 0.1) is 6.92 Å². The lowest BCUT2D eigenvalue weighted by molar-refractivity contribution is 0.0524. The molecule has 3 rings (SSSR count). The molecule has 2 aromatic rings. The molecule has 0 aliphatic heterocycles. The second-order valence-corrected chi connectivity index (χ2v) is 4.81. The Morgan fingerprint density at radius 1 is 1.40 bits per heavy atom. The summed E-state index contributed by atoms with van der Waals surface area (Å²) in [4.78, 5) is 20.6. The summed E-state index contributed by atoms with van der Waals surface area (Å²) in [5.41, 5.74) is 2.14. The monoisotopic (exact) mass is 273 g/mol. The zero-order valence-corrected chi connectivity index (χ0v) is 11.4. The SMILES string of the molecule is CCOC(=O)c1c(-c2cnc(C)cn2)noc1C1CC1. The van der Waals surface area contributed by atoms with Gasteiger partial charge < -0.3 is 9.26 Å². The van der Waals surface area contributed by atoms with E-state index in [-0.39, 0.29) is 5.92 Å². The Morgan fingerprint density at radius 3 is 2.80 bits per heavy atom. The molecule has 0 atom stereocenters. The molecule has 0 aromatic carbocycles. The molecule has 104 valence electrons. The smallest absolute Gasteiger partial charge is 0.344 e. The molecule has 1 saturated carbocycles. The molecule has 0 unspecified atom stereocenters. The molecule has 0 amide bonds. The molecule has 1 aliphatic carbocycles. The van der Waals surface area contributed by atoms with Gasteiger partial charge in [0.25, 0.3) is 0 Å². The van der Waals surface area contributed by atoms with E-state index < -0.39 is 5.97 Å². The molecule has 0 N–H and O–H groups in total. The number of hydrogen-bond acceptors (Lipinski definition) is 6. The lowest BCUT2D eigenvalue weighted by Crippen LogP contribution is -2.08. The van der Waals surface area contributed by atoms with E-state index in [2.05, 4.69) is 15.1 Å². The highest BCUT2D eigenvalue weighted by Gasteiger charge is 2.36. The molecule has 1 aliphatic rings. The van der Waals surface area contributed by atoms with Gasteiger partial charge in [-0.2, -0.15) is 0 Å². The van der Waals surface area contributed by atoms with Crippen molar-refractivity contribution in [2.45, 2.75) is 32.6 Å². The number of hydrogen-bond donors (Lipinski definition) is 0. The zero-order chi connectivity index (χ0) is 14.1. The summed E-state index contributed by atoms with van der Waals surface area (Å²) in [5, 5.41) is 4.00. The second-order valence-electron chi connectivity index (χ2n) is 4.81. The van der Waals surface area contributed by atoms with Crippen molar-refractivity contribution in [1.29, 1.82) is 0 Å². The minimum Gasteiger partial charge on any atom is -0.462 e. The van der Waals surface area contributed by atoms with Crippen molar-refractivity contribution in [2.75, 3.05) is 6.61 Å². The van der Waals surface area contributed by atoms with Gasteiger partial charge >= 0.3 is 5.97 Å². The summed E-state index contributed by atoms with van der Waals surface area (Å²) in [7, 11) is 0. The highest BCUT2D eigenvalue weighted by Crippen LogP contribution is 2.43. The van der Waals surface area contributed by atoms with Gasteiger partial charge in [0.15, 0.2) is 5.76 Å². The van der Waals surface area contributed by atoms with Gasteiger partial charge in [-0.25, -0.2) is 4.79 Å². The first-order chi connectivity index (χ1) is 9.70. The van der Waals surface area contributed by atoms with Crippen molar-refractivity contribution in [3.05, 3.63) is 29.4 Å². The van der Waals surface area contributed by atoms with E-state index in [0.717, 1.165) is 18.5 Å². The van der Waals surface area contributed by atoms with Gasteiger partial charge in [-0.05, 0) is 26.7 Å². The van der Waals surface area contributed by atoms with Gasteiger partial charge in [-0.3, -0.25) is 9.97 Å². The van der Waals surface area contributed by atoms with E-state index in [0.29, 0.717) is 29.3 Å².